The molecule has 2 aliphatic carbocycles. The average Bonchev–Trinajstić information content (AvgIpc) is 2.48. The van der Waals surface area contributed by atoms with Gasteiger partial charge in [-0.2, -0.15) is 8.78 Å². The Bertz CT molecular complexity index is 536. The molecule has 2 saturated carbocycles. The zero-order valence-corrected chi connectivity index (χ0v) is 12.9. The summed E-state index contributed by atoms with van der Waals surface area (Å²) in [6.07, 6.45) is 5.34. The van der Waals surface area contributed by atoms with E-state index in [1.165, 1.54) is 30.7 Å². The molecule has 126 valence electrons. The average molecular weight is 324 g/mol. The van der Waals surface area contributed by atoms with Gasteiger partial charge in [-0.15, -0.1) is 0 Å². The van der Waals surface area contributed by atoms with Crippen molar-refractivity contribution in [3.8, 4) is 5.75 Å². The number of carbonyl (C=O) groups excluding carboxylic acids is 1. The standard InChI is InChI=1S/C17H22F2N2O2/c18-17(19)23-14-6-4-10(5-7-14)16(22)21-15-11-2-1-3-12(15)9-13(20)8-11/h4-7,11-13,15,17H,1-3,8-9,20H2,(H,21,22). The zero-order chi connectivity index (χ0) is 16.4. The van der Waals surface area contributed by atoms with Crippen molar-refractivity contribution in [2.75, 3.05) is 0 Å². The Labute approximate surface area is 134 Å². The maximum Gasteiger partial charge on any atom is 0.387 e. The molecule has 2 fully saturated rings. The Morgan fingerprint density at radius 2 is 1.78 bits per heavy atom. The van der Waals surface area contributed by atoms with Crippen LogP contribution in [0.5, 0.6) is 5.75 Å². The molecule has 1 amide bonds. The maximum absolute atomic E-state index is 12.4. The molecule has 3 N–H and O–H groups in total. The number of benzene rings is 1. The van der Waals surface area contributed by atoms with Crippen LogP contribution in [-0.2, 0) is 0 Å². The molecule has 1 aromatic rings. The van der Waals surface area contributed by atoms with Crippen LogP contribution < -0.4 is 15.8 Å². The maximum atomic E-state index is 12.4. The first-order valence-electron chi connectivity index (χ1n) is 8.14. The first kappa shape index (κ1) is 16.2. The van der Waals surface area contributed by atoms with Crippen LogP contribution in [0.25, 0.3) is 0 Å². The molecule has 3 rings (SSSR count). The second kappa shape index (κ2) is 6.83. The first-order chi connectivity index (χ1) is 11.0. The molecule has 4 nitrogen and oxygen atoms in total. The van der Waals surface area contributed by atoms with Crippen LogP contribution in [0.1, 0.15) is 42.5 Å². The third-order valence-electron chi connectivity index (χ3n) is 5.02. The van der Waals surface area contributed by atoms with Gasteiger partial charge in [-0.05, 0) is 61.8 Å². The summed E-state index contributed by atoms with van der Waals surface area (Å²) < 4.78 is 28.6. The van der Waals surface area contributed by atoms with Crippen LogP contribution in [0.2, 0.25) is 0 Å². The van der Waals surface area contributed by atoms with Gasteiger partial charge < -0.3 is 15.8 Å². The number of nitrogens with two attached hydrogens (primary N) is 1. The molecule has 0 aliphatic heterocycles. The van der Waals surface area contributed by atoms with Crippen LogP contribution in [0.15, 0.2) is 24.3 Å². The fourth-order valence-electron chi connectivity index (χ4n) is 4.05. The molecule has 0 radical (unpaired) electrons. The molecule has 23 heavy (non-hydrogen) atoms. The minimum Gasteiger partial charge on any atom is -0.435 e. The molecule has 0 aromatic heterocycles. The molecule has 0 spiro atoms. The van der Waals surface area contributed by atoms with Gasteiger partial charge in [0.05, 0.1) is 0 Å². The van der Waals surface area contributed by atoms with E-state index in [2.05, 4.69) is 10.1 Å². The summed E-state index contributed by atoms with van der Waals surface area (Å²) >= 11 is 0. The third-order valence-corrected chi connectivity index (χ3v) is 5.02. The van der Waals surface area contributed by atoms with Gasteiger partial charge in [-0.3, -0.25) is 4.79 Å². The number of ether oxygens (including phenoxy) is 1. The summed E-state index contributed by atoms with van der Waals surface area (Å²) in [5.74, 6) is 0.786. The smallest absolute Gasteiger partial charge is 0.387 e. The van der Waals surface area contributed by atoms with Crippen molar-refractivity contribution >= 4 is 5.91 Å². The number of rotatable bonds is 4. The molecule has 2 atom stereocenters. The number of hydrogen-bond donors (Lipinski definition) is 2. The fraction of sp³-hybridized carbons (Fsp3) is 0.588. The van der Waals surface area contributed by atoms with Crippen LogP contribution in [0.3, 0.4) is 0 Å². The minimum absolute atomic E-state index is 0.0528. The SMILES string of the molecule is NC1CC2CCCC(C1)C2NC(=O)c1ccc(OC(F)F)cc1. The predicted octanol–water partition coefficient (Wildman–Crippen LogP) is 2.92. The second-order valence-electron chi connectivity index (χ2n) is 6.58. The Kier molecular flexibility index (Phi) is 4.80. The van der Waals surface area contributed by atoms with E-state index < -0.39 is 6.61 Å². The largest absolute Gasteiger partial charge is 0.435 e. The normalized spacial score (nSPS) is 30.1. The Hall–Kier alpha value is -1.69. The van der Waals surface area contributed by atoms with Gasteiger partial charge in [-0.1, -0.05) is 6.42 Å². The van der Waals surface area contributed by atoms with E-state index in [0.29, 0.717) is 17.4 Å². The molecular weight excluding hydrogens is 302 g/mol. The lowest BCUT2D eigenvalue weighted by molar-refractivity contribution is -0.0498. The molecule has 0 saturated heterocycles. The summed E-state index contributed by atoms with van der Waals surface area (Å²) in [5, 5.41) is 3.13. The molecule has 1 aromatic carbocycles. The number of fused-ring (bicyclic) bond motifs is 2. The van der Waals surface area contributed by atoms with Crippen molar-refractivity contribution in [3.63, 3.8) is 0 Å². The number of amides is 1. The van der Waals surface area contributed by atoms with Gasteiger partial charge in [-0.25, -0.2) is 0 Å². The highest BCUT2D eigenvalue weighted by Crippen LogP contribution is 2.39. The number of carbonyl (C=O) groups is 1. The van der Waals surface area contributed by atoms with Crippen LogP contribution in [0.4, 0.5) is 8.78 Å². The van der Waals surface area contributed by atoms with E-state index >= 15 is 0 Å². The van der Waals surface area contributed by atoms with Crippen molar-refractivity contribution in [3.05, 3.63) is 29.8 Å². The van der Waals surface area contributed by atoms with E-state index in [9.17, 15) is 13.6 Å². The first-order valence-corrected chi connectivity index (χ1v) is 8.14. The van der Waals surface area contributed by atoms with Crippen molar-refractivity contribution in [2.45, 2.75) is 50.8 Å². The lowest BCUT2D eigenvalue weighted by Gasteiger charge is -2.45. The summed E-state index contributed by atoms with van der Waals surface area (Å²) in [4.78, 5) is 12.4. The monoisotopic (exact) mass is 324 g/mol. The Morgan fingerprint density at radius 1 is 1.17 bits per heavy atom. The molecule has 2 aliphatic rings. The van der Waals surface area contributed by atoms with E-state index in [1.807, 2.05) is 0 Å². The molecule has 6 heteroatoms. The highest BCUT2D eigenvalue weighted by Gasteiger charge is 2.39. The molecule has 0 heterocycles. The van der Waals surface area contributed by atoms with E-state index in [-0.39, 0.29) is 23.7 Å². The summed E-state index contributed by atoms with van der Waals surface area (Å²) in [6.45, 7) is -2.86. The van der Waals surface area contributed by atoms with Crippen molar-refractivity contribution in [1.82, 2.24) is 5.32 Å². The van der Waals surface area contributed by atoms with Gasteiger partial charge in [0.15, 0.2) is 0 Å². The van der Waals surface area contributed by atoms with E-state index in [1.54, 1.807) is 0 Å². The number of nitrogens with one attached hydrogen (secondary N) is 1. The van der Waals surface area contributed by atoms with Gasteiger partial charge in [0.1, 0.15) is 5.75 Å². The van der Waals surface area contributed by atoms with E-state index in [4.69, 9.17) is 5.73 Å². The Morgan fingerprint density at radius 3 is 2.35 bits per heavy atom. The van der Waals surface area contributed by atoms with Crippen molar-refractivity contribution < 1.29 is 18.3 Å². The predicted molar refractivity (Wildman–Crippen MR) is 82.4 cm³/mol. The van der Waals surface area contributed by atoms with E-state index in [0.717, 1.165) is 25.7 Å². The number of hydrogen-bond acceptors (Lipinski definition) is 3. The fourth-order valence-corrected chi connectivity index (χ4v) is 4.05. The highest BCUT2D eigenvalue weighted by atomic mass is 19.3. The van der Waals surface area contributed by atoms with Crippen molar-refractivity contribution in [2.24, 2.45) is 17.6 Å². The molecular formula is C17H22F2N2O2. The number of halogens is 2. The minimum atomic E-state index is -2.86. The molecule has 2 unspecified atom stereocenters. The van der Waals surface area contributed by atoms with Crippen LogP contribution in [0, 0.1) is 11.8 Å². The van der Waals surface area contributed by atoms with Crippen LogP contribution >= 0.6 is 0 Å². The van der Waals surface area contributed by atoms with Gasteiger partial charge >= 0.3 is 6.61 Å². The van der Waals surface area contributed by atoms with Gasteiger partial charge in [0.25, 0.3) is 5.91 Å². The number of alkyl halides is 2. The highest BCUT2D eigenvalue weighted by molar-refractivity contribution is 5.94. The summed E-state index contributed by atoms with van der Waals surface area (Å²) in [5.41, 5.74) is 6.56. The summed E-state index contributed by atoms with van der Waals surface area (Å²) in [7, 11) is 0. The van der Waals surface area contributed by atoms with Crippen molar-refractivity contribution in [1.29, 1.82) is 0 Å². The second-order valence-corrected chi connectivity index (χ2v) is 6.58. The quantitative estimate of drug-likeness (QED) is 0.895. The lowest BCUT2D eigenvalue weighted by atomic mass is 9.67. The Balaban J connectivity index is 1.64. The van der Waals surface area contributed by atoms with Crippen LogP contribution in [-0.4, -0.2) is 24.6 Å². The van der Waals surface area contributed by atoms with Gasteiger partial charge in [0.2, 0.25) is 0 Å². The third kappa shape index (κ3) is 3.80. The topological polar surface area (TPSA) is 64.3 Å². The lowest BCUT2D eigenvalue weighted by Crippen LogP contribution is -2.53. The zero-order valence-electron chi connectivity index (χ0n) is 12.9. The van der Waals surface area contributed by atoms with Gasteiger partial charge in [0, 0.05) is 17.6 Å². The molecule has 2 bridgehead atoms. The summed E-state index contributed by atoms with van der Waals surface area (Å²) in [6, 6.07) is 6.21.